The van der Waals surface area contributed by atoms with E-state index in [1.807, 2.05) is 25.1 Å². The molecule has 0 N–H and O–H groups in total. The fourth-order valence-electron chi connectivity index (χ4n) is 1.75. The van der Waals surface area contributed by atoms with E-state index in [2.05, 4.69) is 32.8 Å². The molecule has 0 unspecified atom stereocenters. The van der Waals surface area contributed by atoms with Crippen LogP contribution in [0.4, 0.5) is 0 Å². The standard InChI is InChI=1S/C14H13BrCl2N2/c1-3-4-10-12(16)18-14(19-13(10)17)9-6-5-8(2)11(15)7-9/h5-7H,3-4H2,1-2H3. The first-order chi connectivity index (χ1) is 9.02. The molecule has 2 aromatic rings. The molecule has 0 amide bonds. The van der Waals surface area contributed by atoms with Gasteiger partial charge in [-0.05, 0) is 25.0 Å². The number of aryl methyl sites for hydroxylation is 1. The molecule has 1 aromatic heterocycles. The van der Waals surface area contributed by atoms with Crippen LogP contribution in [0.25, 0.3) is 11.4 Å². The number of rotatable bonds is 3. The van der Waals surface area contributed by atoms with E-state index in [-0.39, 0.29) is 0 Å². The lowest BCUT2D eigenvalue weighted by Crippen LogP contribution is -1.97. The maximum Gasteiger partial charge on any atom is 0.162 e. The molecule has 2 rings (SSSR count). The molecule has 0 aliphatic rings. The molecule has 100 valence electrons. The molecule has 0 bridgehead atoms. The van der Waals surface area contributed by atoms with Crippen LogP contribution in [0.15, 0.2) is 22.7 Å². The number of halogens is 3. The van der Waals surface area contributed by atoms with Crippen LogP contribution in [0.2, 0.25) is 10.3 Å². The van der Waals surface area contributed by atoms with Gasteiger partial charge in [-0.3, -0.25) is 0 Å². The number of nitrogens with zero attached hydrogens (tertiary/aromatic N) is 2. The highest BCUT2D eigenvalue weighted by Crippen LogP contribution is 2.28. The van der Waals surface area contributed by atoms with Crippen molar-refractivity contribution in [3.8, 4) is 11.4 Å². The van der Waals surface area contributed by atoms with Crippen LogP contribution in [-0.4, -0.2) is 9.97 Å². The highest BCUT2D eigenvalue weighted by molar-refractivity contribution is 9.10. The van der Waals surface area contributed by atoms with Crippen LogP contribution >= 0.6 is 39.1 Å². The number of aromatic nitrogens is 2. The van der Waals surface area contributed by atoms with E-state index in [0.29, 0.717) is 16.1 Å². The third-order valence-corrected chi connectivity index (χ3v) is 4.32. The first-order valence-electron chi connectivity index (χ1n) is 6.01. The summed E-state index contributed by atoms with van der Waals surface area (Å²) < 4.78 is 1.01. The Hall–Kier alpha value is -0.640. The third kappa shape index (κ3) is 3.28. The van der Waals surface area contributed by atoms with Crippen LogP contribution in [0.5, 0.6) is 0 Å². The summed E-state index contributed by atoms with van der Waals surface area (Å²) in [6.07, 6.45) is 1.74. The summed E-state index contributed by atoms with van der Waals surface area (Å²) in [4.78, 5) is 8.69. The Morgan fingerprint density at radius 1 is 1.16 bits per heavy atom. The molecule has 0 fully saturated rings. The van der Waals surface area contributed by atoms with Crippen molar-refractivity contribution >= 4 is 39.1 Å². The van der Waals surface area contributed by atoms with E-state index in [4.69, 9.17) is 23.2 Å². The minimum atomic E-state index is 0.438. The Kier molecular flexibility index (Phi) is 4.82. The first-order valence-corrected chi connectivity index (χ1v) is 7.56. The Bertz CT molecular complexity index is 591. The Labute approximate surface area is 131 Å². The van der Waals surface area contributed by atoms with E-state index >= 15 is 0 Å². The van der Waals surface area contributed by atoms with E-state index in [1.54, 1.807) is 0 Å². The average molecular weight is 360 g/mol. The first kappa shape index (κ1) is 14.8. The van der Waals surface area contributed by atoms with Crippen LogP contribution in [-0.2, 0) is 6.42 Å². The van der Waals surface area contributed by atoms with Gasteiger partial charge in [0.2, 0.25) is 0 Å². The van der Waals surface area contributed by atoms with Crippen LogP contribution < -0.4 is 0 Å². The van der Waals surface area contributed by atoms with Crippen molar-refractivity contribution in [3.05, 3.63) is 44.1 Å². The molecule has 0 spiro atoms. The molecule has 0 saturated heterocycles. The monoisotopic (exact) mass is 358 g/mol. The highest BCUT2D eigenvalue weighted by atomic mass is 79.9. The van der Waals surface area contributed by atoms with Gasteiger partial charge < -0.3 is 0 Å². The van der Waals surface area contributed by atoms with E-state index in [1.165, 1.54) is 0 Å². The molecule has 0 atom stereocenters. The third-order valence-electron chi connectivity index (χ3n) is 2.84. The molecule has 0 aliphatic carbocycles. The molecule has 1 heterocycles. The van der Waals surface area contributed by atoms with Crippen LogP contribution in [0, 0.1) is 6.92 Å². The molecule has 1 aromatic carbocycles. The Morgan fingerprint density at radius 2 is 1.79 bits per heavy atom. The Morgan fingerprint density at radius 3 is 2.32 bits per heavy atom. The summed E-state index contributed by atoms with van der Waals surface area (Å²) in [6, 6.07) is 5.93. The Balaban J connectivity index is 2.48. The largest absolute Gasteiger partial charge is 0.216 e. The molecule has 19 heavy (non-hydrogen) atoms. The zero-order chi connectivity index (χ0) is 14.0. The molecule has 0 aliphatic heterocycles. The van der Waals surface area contributed by atoms with Crippen molar-refractivity contribution in [1.29, 1.82) is 0 Å². The molecule has 5 heteroatoms. The van der Waals surface area contributed by atoms with Crippen molar-refractivity contribution in [2.45, 2.75) is 26.7 Å². The summed E-state index contributed by atoms with van der Waals surface area (Å²) in [5.74, 6) is 0.551. The lowest BCUT2D eigenvalue weighted by Gasteiger charge is -2.08. The summed E-state index contributed by atoms with van der Waals surface area (Å²) >= 11 is 15.9. The molecular formula is C14H13BrCl2N2. The molecule has 2 nitrogen and oxygen atoms in total. The number of benzene rings is 1. The molecule has 0 radical (unpaired) electrons. The second-order valence-corrected chi connectivity index (χ2v) is 5.89. The van der Waals surface area contributed by atoms with Crippen molar-refractivity contribution in [2.24, 2.45) is 0 Å². The highest BCUT2D eigenvalue weighted by Gasteiger charge is 2.12. The zero-order valence-electron chi connectivity index (χ0n) is 10.7. The minimum Gasteiger partial charge on any atom is -0.216 e. The van der Waals surface area contributed by atoms with Crippen LogP contribution in [0.1, 0.15) is 24.5 Å². The fourth-order valence-corrected chi connectivity index (χ4v) is 2.70. The summed E-state index contributed by atoms with van der Waals surface area (Å²) in [5.41, 5.74) is 2.87. The van der Waals surface area contributed by atoms with Gasteiger partial charge in [-0.2, -0.15) is 0 Å². The summed E-state index contributed by atoms with van der Waals surface area (Å²) in [6.45, 7) is 4.09. The SMILES string of the molecule is CCCc1c(Cl)nc(-c2ccc(C)c(Br)c2)nc1Cl. The molecule has 0 saturated carbocycles. The lowest BCUT2D eigenvalue weighted by atomic mass is 10.1. The minimum absolute atomic E-state index is 0.438. The second kappa shape index (κ2) is 6.21. The summed E-state index contributed by atoms with van der Waals surface area (Å²) in [7, 11) is 0. The number of hydrogen-bond donors (Lipinski definition) is 0. The van der Waals surface area contributed by atoms with Crippen molar-refractivity contribution in [2.75, 3.05) is 0 Å². The van der Waals surface area contributed by atoms with Crippen molar-refractivity contribution < 1.29 is 0 Å². The van der Waals surface area contributed by atoms with E-state index < -0.39 is 0 Å². The van der Waals surface area contributed by atoms with Gasteiger partial charge in [-0.15, -0.1) is 0 Å². The average Bonchev–Trinajstić information content (AvgIpc) is 2.37. The van der Waals surface area contributed by atoms with Gasteiger partial charge in [-0.25, -0.2) is 9.97 Å². The van der Waals surface area contributed by atoms with Gasteiger partial charge in [-0.1, -0.05) is 64.6 Å². The fraction of sp³-hybridized carbons (Fsp3) is 0.286. The van der Waals surface area contributed by atoms with E-state index in [9.17, 15) is 0 Å². The van der Waals surface area contributed by atoms with Crippen molar-refractivity contribution in [3.63, 3.8) is 0 Å². The predicted octanol–water partition coefficient (Wildman–Crippen LogP) is 5.47. The summed E-state index contributed by atoms with van der Waals surface area (Å²) in [5, 5.41) is 0.877. The quantitative estimate of drug-likeness (QED) is 0.678. The van der Waals surface area contributed by atoms with Gasteiger partial charge in [0.05, 0.1) is 0 Å². The number of hydrogen-bond acceptors (Lipinski definition) is 2. The normalized spacial score (nSPS) is 10.8. The van der Waals surface area contributed by atoms with Gasteiger partial charge in [0.25, 0.3) is 0 Å². The van der Waals surface area contributed by atoms with Gasteiger partial charge in [0.15, 0.2) is 5.82 Å². The smallest absolute Gasteiger partial charge is 0.162 e. The maximum atomic E-state index is 6.19. The van der Waals surface area contributed by atoms with Crippen LogP contribution in [0.3, 0.4) is 0 Å². The lowest BCUT2D eigenvalue weighted by molar-refractivity contribution is 0.903. The van der Waals surface area contributed by atoms with Gasteiger partial charge in [0, 0.05) is 15.6 Å². The van der Waals surface area contributed by atoms with Gasteiger partial charge in [0.1, 0.15) is 10.3 Å². The van der Waals surface area contributed by atoms with E-state index in [0.717, 1.165) is 34.0 Å². The topological polar surface area (TPSA) is 25.8 Å². The maximum absolute atomic E-state index is 6.19. The zero-order valence-corrected chi connectivity index (χ0v) is 13.8. The van der Waals surface area contributed by atoms with Gasteiger partial charge >= 0.3 is 0 Å². The predicted molar refractivity (Wildman–Crippen MR) is 83.9 cm³/mol. The second-order valence-electron chi connectivity index (χ2n) is 4.32. The molecular weight excluding hydrogens is 347 g/mol. The van der Waals surface area contributed by atoms with Crippen molar-refractivity contribution in [1.82, 2.24) is 9.97 Å².